The minimum absolute atomic E-state index is 0. The molecule has 23 valence electrons. The fourth-order valence-electron chi connectivity index (χ4n) is 0. The van der Waals surface area contributed by atoms with Gasteiger partial charge in [-0.15, -0.1) is 0 Å². The summed E-state index contributed by atoms with van der Waals surface area (Å²) in [5.74, 6) is 0. The van der Waals surface area contributed by atoms with E-state index >= 15 is 0 Å². The van der Waals surface area contributed by atoms with Gasteiger partial charge in [-0.2, -0.15) is 0 Å². The van der Waals surface area contributed by atoms with E-state index in [0.717, 1.165) is 6.42 Å². The van der Waals surface area contributed by atoms with Crippen LogP contribution >= 0.6 is 0 Å². The van der Waals surface area contributed by atoms with Crippen molar-refractivity contribution in [1.82, 2.24) is 0 Å². The van der Waals surface area contributed by atoms with Crippen LogP contribution in [0.2, 0.25) is 0 Å². The zero-order chi connectivity index (χ0) is 2.71. The Kier molecular flexibility index (Phi) is 61.2. The molecule has 2 heteroatoms. The molecule has 0 amide bonds. The molecule has 0 N–H and O–H groups in total. The Morgan fingerprint density at radius 1 is 1.40 bits per heavy atom. The van der Waals surface area contributed by atoms with Gasteiger partial charge in [0.25, 0.3) is 0 Å². The third kappa shape index (κ3) is 35.6. The predicted molar refractivity (Wildman–Crippen MR) is 15.6 cm³/mol. The second kappa shape index (κ2) is 18.7. The maximum Gasteiger partial charge on any atom is 0 e. The Bertz CT molecular complexity index is 4.85. The Labute approximate surface area is 59.2 Å². The molecular formula is C3H7Zn2. The first kappa shape index (κ1) is 16.3. The zero-order valence-electron chi connectivity index (χ0n) is 3.83. The van der Waals surface area contributed by atoms with Crippen LogP contribution in [0.5, 0.6) is 0 Å². The van der Waals surface area contributed by atoms with Crippen molar-refractivity contribution in [3.8, 4) is 0 Å². The molecule has 0 aromatic carbocycles. The summed E-state index contributed by atoms with van der Waals surface area (Å²) in [5, 5.41) is 0. The molecule has 0 bridgehead atoms. The summed E-state index contributed by atoms with van der Waals surface area (Å²) < 4.78 is 0. The molecule has 0 saturated carbocycles. The van der Waals surface area contributed by atoms with E-state index < -0.39 is 0 Å². The van der Waals surface area contributed by atoms with Crippen molar-refractivity contribution in [1.29, 1.82) is 0 Å². The molecule has 0 heterocycles. The first-order chi connectivity index (χ1) is 1.41. The van der Waals surface area contributed by atoms with E-state index in [2.05, 4.69) is 6.92 Å². The number of rotatable bonds is 0. The van der Waals surface area contributed by atoms with Crippen LogP contribution in [0.1, 0.15) is 13.3 Å². The Hall–Kier alpha value is 1.25. The summed E-state index contributed by atoms with van der Waals surface area (Å²) in [6.07, 6.45) is 1.00. The maximum atomic E-state index is 3.49. The van der Waals surface area contributed by atoms with Crippen molar-refractivity contribution >= 4 is 0 Å². The van der Waals surface area contributed by atoms with Gasteiger partial charge in [0.15, 0.2) is 0 Å². The quantitative estimate of drug-likeness (QED) is 0.484. The van der Waals surface area contributed by atoms with E-state index in [4.69, 9.17) is 0 Å². The fourth-order valence-corrected chi connectivity index (χ4v) is 0. The van der Waals surface area contributed by atoms with E-state index in [1.165, 1.54) is 0 Å². The van der Waals surface area contributed by atoms with Gasteiger partial charge in [0.1, 0.15) is 0 Å². The second-order valence-corrected chi connectivity index (χ2v) is 0.500. The number of hydrogen-bond acceptors (Lipinski definition) is 0. The Morgan fingerprint density at radius 2 is 1.40 bits per heavy atom. The molecule has 0 aliphatic rings. The average Bonchev–Trinajstić information content (AvgIpc) is 0.918. The summed E-state index contributed by atoms with van der Waals surface area (Å²) in [7, 11) is 0. The van der Waals surface area contributed by atoms with Gasteiger partial charge in [-0.1, -0.05) is 20.3 Å². The van der Waals surface area contributed by atoms with Crippen molar-refractivity contribution in [3.05, 3.63) is 6.92 Å². The fraction of sp³-hybridized carbons (Fsp3) is 0.667. The normalized spacial score (nSPS) is 3.60. The van der Waals surface area contributed by atoms with E-state index in [9.17, 15) is 0 Å². The molecule has 0 saturated heterocycles. The number of hydrogen-bond donors (Lipinski definition) is 0. The molecule has 0 spiro atoms. The van der Waals surface area contributed by atoms with Crippen molar-refractivity contribution in [2.45, 2.75) is 13.3 Å². The van der Waals surface area contributed by atoms with Crippen molar-refractivity contribution < 1.29 is 39.0 Å². The van der Waals surface area contributed by atoms with Crippen LogP contribution in [0.4, 0.5) is 0 Å². The summed E-state index contributed by atoms with van der Waals surface area (Å²) in [4.78, 5) is 0. The van der Waals surface area contributed by atoms with Crippen molar-refractivity contribution in [2.75, 3.05) is 0 Å². The largest absolute Gasteiger partial charge is 0.0654 e. The smallest absolute Gasteiger partial charge is 0 e. The van der Waals surface area contributed by atoms with E-state index in [1.54, 1.807) is 0 Å². The summed E-state index contributed by atoms with van der Waals surface area (Å²) in [6.45, 7) is 5.50. The van der Waals surface area contributed by atoms with Crippen LogP contribution in [-0.4, -0.2) is 0 Å². The third-order valence-electron chi connectivity index (χ3n) is 0. The molecule has 0 nitrogen and oxygen atoms in total. The van der Waals surface area contributed by atoms with Gasteiger partial charge < -0.3 is 0 Å². The molecule has 5 heavy (non-hydrogen) atoms. The van der Waals surface area contributed by atoms with E-state index in [1.807, 2.05) is 6.92 Å². The van der Waals surface area contributed by atoms with Gasteiger partial charge in [0.2, 0.25) is 0 Å². The molecule has 0 aromatic rings. The minimum Gasteiger partial charge on any atom is -0.0654 e. The van der Waals surface area contributed by atoms with Gasteiger partial charge in [-0.05, 0) is 0 Å². The Morgan fingerprint density at radius 3 is 1.40 bits per heavy atom. The standard InChI is InChI=1S/C3H7.2Zn/c1-3-2;;/h1,3H2,2H3;;. The molecule has 0 aliphatic carbocycles. The van der Waals surface area contributed by atoms with E-state index in [-0.39, 0.29) is 39.0 Å². The maximum absolute atomic E-state index is 3.49. The van der Waals surface area contributed by atoms with Crippen molar-refractivity contribution in [3.63, 3.8) is 0 Å². The molecule has 0 atom stereocenters. The Balaban J connectivity index is -0.0000000200. The van der Waals surface area contributed by atoms with Crippen LogP contribution in [0.3, 0.4) is 0 Å². The van der Waals surface area contributed by atoms with Gasteiger partial charge >= 0.3 is 0 Å². The summed E-state index contributed by atoms with van der Waals surface area (Å²) in [5.41, 5.74) is 0. The monoisotopic (exact) mass is 171 g/mol. The van der Waals surface area contributed by atoms with Gasteiger partial charge in [0.05, 0.1) is 0 Å². The second-order valence-electron chi connectivity index (χ2n) is 0.500. The minimum atomic E-state index is 0. The van der Waals surface area contributed by atoms with Crippen LogP contribution in [0.15, 0.2) is 0 Å². The first-order valence-corrected chi connectivity index (χ1v) is 1.21. The SMILES string of the molecule is [CH2]CC.[Zn].[Zn]. The van der Waals surface area contributed by atoms with E-state index in [0.29, 0.717) is 0 Å². The molecule has 0 fully saturated rings. The van der Waals surface area contributed by atoms with Crippen LogP contribution in [0, 0.1) is 6.92 Å². The van der Waals surface area contributed by atoms with Gasteiger partial charge in [-0.3, -0.25) is 0 Å². The molecular weight excluding hydrogens is 167 g/mol. The molecule has 1 radical (unpaired) electrons. The molecule has 0 unspecified atom stereocenters. The predicted octanol–water partition coefficient (Wildman–Crippen LogP) is 1.23. The molecule has 0 rings (SSSR count). The first-order valence-electron chi connectivity index (χ1n) is 1.21. The topological polar surface area (TPSA) is 0 Å². The average molecular weight is 174 g/mol. The summed E-state index contributed by atoms with van der Waals surface area (Å²) in [6, 6.07) is 0. The van der Waals surface area contributed by atoms with Crippen LogP contribution in [0.25, 0.3) is 0 Å². The van der Waals surface area contributed by atoms with Gasteiger partial charge in [-0.25, -0.2) is 0 Å². The van der Waals surface area contributed by atoms with Crippen molar-refractivity contribution in [2.24, 2.45) is 0 Å². The zero-order valence-corrected chi connectivity index (χ0v) is 9.76. The van der Waals surface area contributed by atoms with Crippen LogP contribution in [-0.2, 0) is 39.0 Å². The van der Waals surface area contributed by atoms with Gasteiger partial charge in [0, 0.05) is 39.0 Å². The molecule has 0 aliphatic heterocycles. The third-order valence-corrected chi connectivity index (χ3v) is 0. The van der Waals surface area contributed by atoms with Crippen LogP contribution < -0.4 is 0 Å². The summed E-state index contributed by atoms with van der Waals surface area (Å²) >= 11 is 0. The molecule has 0 aromatic heterocycles.